The maximum absolute atomic E-state index is 5.41. The number of para-hydroxylation sites is 1. The van der Waals surface area contributed by atoms with Gasteiger partial charge in [0.1, 0.15) is 11.5 Å². The van der Waals surface area contributed by atoms with Crippen molar-refractivity contribution in [2.24, 2.45) is 5.10 Å². The molecule has 2 N–H and O–H groups in total. The molecule has 1 fully saturated rings. The molecule has 0 amide bonds. The van der Waals surface area contributed by atoms with E-state index in [1.165, 1.54) is 0 Å². The summed E-state index contributed by atoms with van der Waals surface area (Å²) in [6.07, 6.45) is 3.92. The number of methoxy groups -OCH3 is 2. The zero-order valence-electron chi connectivity index (χ0n) is 17.6. The SMILES string of the molecule is COc1ccc(/C=N/Nc2nc(Nc3ccccc3)nc(N3CCCC3)n2)c(OC)c1. The van der Waals surface area contributed by atoms with E-state index in [0.29, 0.717) is 29.3 Å². The standard InChI is InChI=1S/C22H25N7O2/c1-30-18-11-10-16(19(14-18)31-2)15-23-28-21-25-20(24-17-8-4-3-5-9-17)26-22(27-21)29-12-6-7-13-29/h3-5,8-11,14-15H,6-7,12-13H2,1-2H3,(H2,24,25,26,27,28)/b23-15+. The molecule has 0 atom stereocenters. The fraction of sp³-hybridized carbons (Fsp3) is 0.273. The quantitative estimate of drug-likeness (QED) is 0.422. The van der Waals surface area contributed by atoms with Crippen molar-refractivity contribution in [3.05, 3.63) is 54.1 Å². The van der Waals surface area contributed by atoms with Crippen LogP contribution >= 0.6 is 0 Å². The minimum atomic E-state index is 0.360. The Bertz CT molecular complexity index is 1040. The Morgan fingerprint density at radius 1 is 0.935 bits per heavy atom. The third-order valence-corrected chi connectivity index (χ3v) is 4.85. The molecule has 0 saturated carbocycles. The van der Waals surface area contributed by atoms with Gasteiger partial charge in [0.05, 0.1) is 20.4 Å². The molecule has 0 spiro atoms. The molecule has 3 aromatic rings. The monoisotopic (exact) mass is 419 g/mol. The summed E-state index contributed by atoms with van der Waals surface area (Å²) in [6.45, 7) is 1.86. The van der Waals surface area contributed by atoms with Crippen LogP contribution in [0.15, 0.2) is 53.6 Å². The molecule has 4 rings (SSSR count). The molecule has 1 aliphatic rings. The molecule has 0 aliphatic carbocycles. The number of ether oxygens (including phenoxy) is 2. The predicted molar refractivity (Wildman–Crippen MR) is 122 cm³/mol. The Labute approximate surface area is 181 Å². The van der Waals surface area contributed by atoms with E-state index in [1.807, 2.05) is 42.5 Å². The van der Waals surface area contributed by atoms with Gasteiger partial charge in [-0.05, 0) is 37.1 Å². The van der Waals surface area contributed by atoms with E-state index in [4.69, 9.17) is 9.47 Å². The molecule has 160 valence electrons. The van der Waals surface area contributed by atoms with E-state index in [-0.39, 0.29) is 0 Å². The molecular formula is C22H25N7O2. The van der Waals surface area contributed by atoms with Crippen molar-refractivity contribution < 1.29 is 9.47 Å². The number of nitrogens with one attached hydrogen (secondary N) is 2. The maximum Gasteiger partial charge on any atom is 0.250 e. The van der Waals surface area contributed by atoms with E-state index in [2.05, 4.69) is 35.7 Å². The third-order valence-electron chi connectivity index (χ3n) is 4.85. The van der Waals surface area contributed by atoms with Gasteiger partial charge in [-0.3, -0.25) is 0 Å². The Hall–Kier alpha value is -3.88. The number of rotatable bonds is 8. The first-order chi connectivity index (χ1) is 15.2. The van der Waals surface area contributed by atoms with Gasteiger partial charge in [0.15, 0.2) is 0 Å². The number of hydrazone groups is 1. The molecule has 31 heavy (non-hydrogen) atoms. The highest BCUT2D eigenvalue weighted by molar-refractivity contribution is 5.84. The van der Waals surface area contributed by atoms with E-state index in [0.717, 1.165) is 37.2 Å². The summed E-state index contributed by atoms with van der Waals surface area (Å²) in [7, 11) is 3.22. The van der Waals surface area contributed by atoms with Crippen LogP contribution < -0.4 is 25.1 Å². The summed E-state index contributed by atoms with van der Waals surface area (Å²) in [5.41, 5.74) is 4.62. The van der Waals surface area contributed by atoms with Crippen LogP contribution in [0.5, 0.6) is 11.5 Å². The second kappa shape index (κ2) is 9.75. The van der Waals surface area contributed by atoms with Crippen molar-refractivity contribution in [1.29, 1.82) is 0 Å². The van der Waals surface area contributed by atoms with Gasteiger partial charge in [-0.15, -0.1) is 0 Å². The molecule has 1 aromatic heterocycles. The van der Waals surface area contributed by atoms with Crippen molar-refractivity contribution in [2.45, 2.75) is 12.8 Å². The first-order valence-corrected chi connectivity index (χ1v) is 10.1. The summed E-state index contributed by atoms with van der Waals surface area (Å²) in [6, 6.07) is 15.3. The van der Waals surface area contributed by atoms with Crippen molar-refractivity contribution in [3.63, 3.8) is 0 Å². The molecular weight excluding hydrogens is 394 g/mol. The first kappa shape index (κ1) is 20.4. The van der Waals surface area contributed by atoms with E-state index in [9.17, 15) is 0 Å². The number of nitrogens with zero attached hydrogens (tertiary/aromatic N) is 5. The molecule has 0 bridgehead atoms. The molecule has 0 radical (unpaired) electrons. The largest absolute Gasteiger partial charge is 0.497 e. The maximum atomic E-state index is 5.41. The minimum absolute atomic E-state index is 0.360. The molecule has 9 heteroatoms. The lowest BCUT2D eigenvalue weighted by Crippen LogP contribution is -2.21. The van der Waals surface area contributed by atoms with Crippen molar-refractivity contribution in [1.82, 2.24) is 15.0 Å². The Morgan fingerprint density at radius 2 is 1.71 bits per heavy atom. The van der Waals surface area contributed by atoms with Gasteiger partial charge in [-0.2, -0.15) is 20.1 Å². The topological polar surface area (TPSA) is 96.8 Å². The zero-order valence-corrected chi connectivity index (χ0v) is 17.6. The van der Waals surface area contributed by atoms with Crippen LogP contribution in [-0.4, -0.2) is 48.5 Å². The lowest BCUT2D eigenvalue weighted by atomic mass is 10.2. The van der Waals surface area contributed by atoms with Crippen molar-refractivity contribution in [3.8, 4) is 11.5 Å². The highest BCUT2D eigenvalue weighted by Gasteiger charge is 2.17. The highest BCUT2D eigenvalue weighted by atomic mass is 16.5. The van der Waals surface area contributed by atoms with Gasteiger partial charge in [0, 0.05) is 30.4 Å². The summed E-state index contributed by atoms with van der Waals surface area (Å²) in [5, 5.41) is 7.53. The Balaban J connectivity index is 1.56. The Morgan fingerprint density at radius 3 is 2.45 bits per heavy atom. The average molecular weight is 419 g/mol. The van der Waals surface area contributed by atoms with Gasteiger partial charge in [-0.1, -0.05) is 18.2 Å². The normalized spacial score (nSPS) is 13.4. The van der Waals surface area contributed by atoms with Gasteiger partial charge in [0.2, 0.25) is 17.8 Å². The van der Waals surface area contributed by atoms with Crippen molar-refractivity contribution >= 4 is 29.7 Å². The number of benzene rings is 2. The van der Waals surface area contributed by atoms with Crippen LogP contribution in [0.2, 0.25) is 0 Å². The zero-order chi connectivity index (χ0) is 21.5. The molecule has 1 aliphatic heterocycles. The second-order valence-electron chi connectivity index (χ2n) is 6.95. The smallest absolute Gasteiger partial charge is 0.250 e. The average Bonchev–Trinajstić information content (AvgIpc) is 3.35. The van der Waals surface area contributed by atoms with Crippen LogP contribution in [0.3, 0.4) is 0 Å². The number of hydrogen-bond donors (Lipinski definition) is 2. The first-order valence-electron chi connectivity index (χ1n) is 10.1. The molecule has 1 saturated heterocycles. The molecule has 9 nitrogen and oxygen atoms in total. The van der Waals surface area contributed by atoms with Crippen LogP contribution in [0.25, 0.3) is 0 Å². The second-order valence-corrected chi connectivity index (χ2v) is 6.95. The Kier molecular flexibility index (Phi) is 6.41. The molecule has 2 aromatic carbocycles. The summed E-state index contributed by atoms with van der Waals surface area (Å²) >= 11 is 0. The lowest BCUT2D eigenvalue weighted by molar-refractivity contribution is 0.394. The third kappa shape index (κ3) is 5.19. The van der Waals surface area contributed by atoms with Crippen LogP contribution in [-0.2, 0) is 0 Å². The molecule has 2 heterocycles. The van der Waals surface area contributed by atoms with Crippen molar-refractivity contribution in [2.75, 3.05) is 43.0 Å². The molecule has 0 unspecified atom stereocenters. The van der Waals surface area contributed by atoms with Crippen LogP contribution in [0.1, 0.15) is 18.4 Å². The fourth-order valence-electron chi connectivity index (χ4n) is 3.26. The van der Waals surface area contributed by atoms with Gasteiger partial charge < -0.3 is 19.7 Å². The predicted octanol–water partition coefficient (Wildman–Crippen LogP) is 3.68. The van der Waals surface area contributed by atoms with Crippen LogP contribution in [0, 0.1) is 0 Å². The minimum Gasteiger partial charge on any atom is -0.497 e. The van der Waals surface area contributed by atoms with Gasteiger partial charge >= 0.3 is 0 Å². The summed E-state index contributed by atoms with van der Waals surface area (Å²) < 4.78 is 10.6. The number of anilines is 4. The summed E-state index contributed by atoms with van der Waals surface area (Å²) in [5.74, 6) is 2.82. The van der Waals surface area contributed by atoms with E-state index >= 15 is 0 Å². The van der Waals surface area contributed by atoms with E-state index < -0.39 is 0 Å². The lowest BCUT2D eigenvalue weighted by Gasteiger charge is -2.16. The van der Waals surface area contributed by atoms with Gasteiger partial charge in [-0.25, -0.2) is 5.43 Å². The fourth-order valence-corrected chi connectivity index (χ4v) is 3.26. The van der Waals surface area contributed by atoms with E-state index in [1.54, 1.807) is 26.5 Å². The number of aromatic nitrogens is 3. The number of hydrogen-bond acceptors (Lipinski definition) is 9. The van der Waals surface area contributed by atoms with Gasteiger partial charge in [0.25, 0.3) is 0 Å². The van der Waals surface area contributed by atoms with Crippen LogP contribution in [0.4, 0.5) is 23.5 Å². The summed E-state index contributed by atoms with van der Waals surface area (Å²) in [4.78, 5) is 15.8. The highest BCUT2D eigenvalue weighted by Crippen LogP contribution is 2.24.